The summed E-state index contributed by atoms with van der Waals surface area (Å²) in [5, 5.41) is 6.84. The highest BCUT2D eigenvalue weighted by Crippen LogP contribution is 2.27. The van der Waals surface area contributed by atoms with E-state index in [9.17, 15) is 9.18 Å². The molecule has 0 aliphatic rings. The van der Waals surface area contributed by atoms with Crippen molar-refractivity contribution in [1.82, 2.24) is 15.6 Å². The van der Waals surface area contributed by atoms with E-state index in [1.54, 1.807) is 12.1 Å². The van der Waals surface area contributed by atoms with Crippen LogP contribution in [0.4, 0.5) is 4.39 Å². The van der Waals surface area contributed by atoms with Crippen LogP contribution >= 0.6 is 11.3 Å². The van der Waals surface area contributed by atoms with Crippen LogP contribution < -0.4 is 10.6 Å². The fourth-order valence-electron chi connectivity index (χ4n) is 1.97. The lowest BCUT2D eigenvalue weighted by Crippen LogP contribution is -2.32. The summed E-state index contributed by atoms with van der Waals surface area (Å²) in [6.45, 7) is 6.20. The number of aryl methyl sites for hydroxylation is 1. The van der Waals surface area contributed by atoms with Crippen molar-refractivity contribution in [2.75, 3.05) is 19.6 Å². The van der Waals surface area contributed by atoms with E-state index in [-0.39, 0.29) is 11.7 Å². The number of carbonyl (C=O) groups is 1. The maximum Gasteiger partial charge on any atom is 0.263 e. The van der Waals surface area contributed by atoms with Crippen molar-refractivity contribution in [1.29, 1.82) is 0 Å². The van der Waals surface area contributed by atoms with E-state index in [4.69, 9.17) is 0 Å². The summed E-state index contributed by atoms with van der Waals surface area (Å²) in [5.41, 5.74) is 1.52. The number of nitrogens with one attached hydrogen (secondary N) is 2. The molecule has 0 bridgehead atoms. The average Bonchev–Trinajstić information content (AvgIpc) is 2.89. The summed E-state index contributed by atoms with van der Waals surface area (Å²) in [6.07, 6.45) is 1.07. The minimum Gasteiger partial charge on any atom is -0.350 e. The molecule has 0 aliphatic heterocycles. The van der Waals surface area contributed by atoms with Gasteiger partial charge in [-0.3, -0.25) is 4.79 Å². The van der Waals surface area contributed by atoms with Crippen molar-refractivity contribution >= 4 is 17.2 Å². The van der Waals surface area contributed by atoms with Crippen LogP contribution in [0.1, 0.15) is 28.7 Å². The van der Waals surface area contributed by atoms with Crippen molar-refractivity contribution in [2.24, 2.45) is 0 Å². The molecule has 0 saturated heterocycles. The fraction of sp³-hybridized carbons (Fsp3) is 0.375. The highest BCUT2D eigenvalue weighted by Gasteiger charge is 2.15. The van der Waals surface area contributed by atoms with Gasteiger partial charge in [0.1, 0.15) is 15.7 Å². The zero-order valence-electron chi connectivity index (χ0n) is 12.8. The number of rotatable bonds is 7. The minimum absolute atomic E-state index is 0.110. The summed E-state index contributed by atoms with van der Waals surface area (Å²) in [4.78, 5) is 17.2. The number of halogens is 1. The second-order valence-corrected chi connectivity index (χ2v) is 5.95. The fourth-order valence-corrected chi connectivity index (χ4v) is 2.96. The Hall–Kier alpha value is -1.79. The SMILES string of the molecule is CCCNCCNC(=O)c1sc(-c2ccc(F)cc2)nc1C. The summed E-state index contributed by atoms with van der Waals surface area (Å²) >= 11 is 1.33. The molecule has 1 aromatic heterocycles. The molecule has 0 spiro atoms. The molecule has 6 heteroatoms. The molecular weight excluding hydrogens is 301 g/mol. The molecule has 1 amide bonds. The number of benzene rings is 1. The van der Waals surface area contributed by atoms with Gasteiger partial charge in [0.25, 0.3) is 5.91 Å². The molecule has 0 unspecified atom stereocenters. The molecule has 4 nitrogen and oxygen atoms in total. The van der Waals surface area contributed by atoms with Crippen LogP contribution in [0, 0.1) is 12.7 Å². The number of hydrogen-bond acceptors (Lipinski definition) is 4. The zero-order valence-corrected chi connectivity index (χ0v) is 13.6. The molecule has 0 atom stereocenters. The Bertz CT molecular complexity index is 625. The molecular formula is C16H20FN3OS. The summed E-state index contributed by atoms with van der Waals surface area (Å²) < 4.78 is 13.0. The highest BCUT2D eigenvalue weighted by molar-refractivity contribution is 7.17. The highest BCUT2D eigenvalue weighted by atomic mass is 32.1. The third kappa shape index (κ3) is 4.35. The number of amides is 1. The molecule has 0 radical (unpaired) electrons. The van der Waals surface area contributed by atoms with Gasteiger partial charge in [-0.05, 0) is 44.2 Å². The van der Waals surface area contributed by atoms with E-state index in [2.05, 4.69) is 22.5 Å². The number of nitrogens with zero attached hydrogens (tertiary/aromatic N) is 1. The van der Waals surface area contributed by atoms with Crippen LogP contribution in [0.25, 0.3) is 10.6 Å². The second kappa shape index (κ2) is 8.00. The average molecular weight is 321 g/mol. The molecule has 2 N–H and O–H groups in total. The molecule has 0 aliphatic carbocycles. The van der Waals surface area contributed by atoms with Gasteiger partial charge in [0.05, 0.1) is 5.69 Å². The summed E-state index contributed by atoms with van der Waals surface area (Å²) in [5.74, 6) is -0.392. The van der Waals surface area contributed by atoms with Crippen LogP contribution in [-0.2, 0) is 0 Å². The van der Waals surface area contributed by atoms with Gasteiger partial charge in [-0.2, -0.15) is 0 Å². The molecule has 0 saturated carbocycles. The smallest absolute Gasteiger partial charge is 0.263 e. The number of aromatic nitrogens is 1. The van der Waals surface area contributed by atoms with Crippen LogP contribution in [0.5, 0.6) is 0 Å². The zero-order chi connectivity index (χ0) is 15.9. The van der Waals surface area contributed by atoms with E-state index in [1.807, 2.05) is 6.92 Å². The molecule has 22 heavy (non-hydrogen) atoms. The second-order valence-electron chi connectivity index (χ2n) is 4.95. The largest absolute Gasteiger partial charge is 0.350 e. The molecule has 0 fully saturated rings. The monoisotopic (exact) mass is 321 g/mol. The first-order valence-corrected chi connectivity index (χ1v) is 8.15. The molecule has 2 rings (SSSR count). The Morgan fingerprint density at radius 3 is 2.64 bits per heavy atom. The van der Waals surface area contributed by atoms with Gasteiger partial charge in [0.15, 0.2) is 0 Å². The molecule has 1 heterocycles. The topological polar surface area (TPSA) is 54.0 Å². The van der Waals surface area contributed by atoms with Gasteiger partial charge in [-0.15, -0.1) is 11.3 Å². The maximum atomic E-state index is 13.0. The standard InChI is InChI=1S/C16H20FN3OS/c1-3-8-18-9-10-19-15(21)14-11(2)20-16(22-14)12-4-6-13(17)7-5-12/h4-7,18H,3,8-10H2,1-2H3,(H,19,21). The number of thiazole rings is 1. The number of hydrogen-bond donors (Lipinski definition) is 2. The summed E-state index contributed by atoms with van der Waals surface area (Å²) in [6, 6.07) is 6.13. The van der Waals surface area contributed by atoms with Crippen LogP contribution in [0.15, 0.2) is 24.3 Å². The normalized spacial score (nSPS) is 10.7. The van der Waals surface area contributed by atoms with Crippen molar-refractivity contribution in [3.63, 3.8) is 0 Å². The lowest BCUT2D eigenvalue weighted by atomic mass is 10.2. The Morgan fingerprint density at radius 1 is 1.23 bits per heavy atom. The van der Waals surface area contributed by atoms with Gasteiger partial charge in [0, 0.05) is 18.7 Å². The molecule has 118 valence electrons. The molecule has 1 aromatic carbocycles. The van der Waals surface area contributed by atoms with Gasteiger partial charge in [-0.1, -0.05) is 6.92 Å². The Balaban J connectivity index is 2.00. The first-order valence-electron chi connectivity index (χ1n) is 7.34. The lowest BCUT2D eigenvalue weighted by Gasteiger charge is -2.04. The van der Waals surface area contributed by atoms with E-state index < -0.39 is 0 Å². The van der Waals surface area contributed by atoms with Crippen molar-refractivity contribution in [3.05, 3.63) is 40.7 Å². The van der Waals surface area contributed by atoms with Crippen molar-refractivity contribution in [2.45, 2.75) is 20.3 Å². The van der Waals surface area contributed by atoms with Gasteiger partial charge in [-0.25, -0.2) is 9.37 Å². The Labute approximate surface area is 133 Å². The predicted octanol–water partition coefficient (Wildman–Crippen LogP) is 2.99. The van der Waals surface area contributed by atoms with Gasteiger partial charge in [0.2, 0.25) is 0 Å². The third-order valence-corrected chi connectivity index (χ3v) is 4.31. The van der Waals surface area contributed by atoms with Gasteiger partial charge >= 0.3 is 0 Å². The molecule has 2 aromatic rings. The van der Waals surface area contributed by atoms with Crippen molar-refractivity contribution < 1.29 is 9.18 Å². The quantitative estimate of drug-likeness (QED) is 0.771. The van der Waals surface area contributed by atoms with Crippen LogP contribution in [-0.4, -0.2) is 30.5 Å². The predicted molar refractivity (Wildman–Crippen MR) is 87.7 cm³/mol. The maximum absolute atomic E-state index is 13.0. The Morgan fingerprint density at radius 2 is 1.95 bits per heavy atom. The lowest BCUT2D eigenvalue weighted by molar-refractivity contribution is 0.0957. The van der Waals surface area contributed by atoms with Crippen molar-refractivity contribution in [3.8, 4) is 10.6 Å². The first kappa shape index (κ1) is 16.6. The van der Waals surface area contributed by atoms with E-state index in [0.717, 1.165) is 30.1 Å². The van der Waals surface area contributed by atoms with Crippen LogP contribution in [0.3, 0.4) is 0 Å². The van der Waals surface area contributed by atoms with E-state index >= 15 is 0 Å². The number of carbonyl (C=O) groups excluding carboxylic acids is 1. The van der Waals surface area contributed by atoms with E-state index in [0.29, 0.717) is 17.1 Å². The third-order valence-electron chi connectivity index (χ3n) is 3.11. The van der Waals surface area contributed by atoms with E-state index in [1.165, 1.54) is 23.5 Å². The van der Waals surface area contributed by atoms with Crippen LogP contribution in [0.2, 0.25) is 0 Å². The minimum atomic E-state index is -0.283. The summed E-state index contributed by atoms with van der Waals surface area (Å²) in [7, 11) is 0. The first-order chi connectivity index (χ1) is 10.6. The Kier molecular flexibility index (Phi) is 6.03. The van der Waals surface area contributed by atoms with Gasteiger partial charge < -0.3 is 10.6 Å².